The summed E-state index contributed by atoms with van der Waals surface area (Å²) in [6.45, 7) is 4.53. The molecular formula is C19H22O. The maximum atomic E-state index is 5.47. The Balaban J connectivity index is 2.07. The summed E-state index contributed by atoms with van der Waals surface area (Å²) < 4.78 is 5.47. The SMILES string of the molecule is COc1cc2c(C)c(c1)CCc1cccc(c1C)CC2. The maximum absolute atomic E-state index is 5.47. The van der Waals surface area contributed by atoms with Crippen molar-refractivity contribution in [2.75, 3.05) is 7.11 Å². The number of ether oxygens (including phenoxy) is 1. The van der Waals surface area contributed by atoms with Gasteiger partial charge < -0.3 is 4.74 Å². The predicted octanol–water partition coefficient (Wildman–Crippen LogP) is 4.20. The van der Waals surface area contributed by atoms with Gasteiger partial charge in [-0.2, -0.15) is 0 Å². The molecule has 0 amide bonds. The number of fused-ring (bicyclic) bond motifs is 4. The molecule has 0 unspecified atom stereocenters. The van der Waals surface area contributed by atoms with Gasteiger partial charge in [-0.25, -0.2) is 0 Å². The Labute approximate surface area is 121 Å². The molecule has 0 spiro atoms. The van der Waals surface area contributed by atoms with Gasteiger partial charge >= 0.3 is 0 Å². The minimum Gasteiger partial charge on any atom is -0.497 e. The van der Waals surface area contributed by atoms with Crippen LogP contribution in [0.25, 0.3) is 0 Å². The standard InChI is InChI=1S/C19H22O/c1-13-15-5-4-6-16(13)8-10-18-12-19(20-3)11-17(9-7-15)14(18)2/h4-6,11-12H,7-10H2,1-3H3. The fourth-order valence-electron chi connectivity index (χ4n) is 3.26. The van der Waals surface area contributed by atoms with Crippen molar-refractivity contribution in [1.82, 2.24) is 0 Å². The normalized spacial score (nSPS) is 13.9. The van der Waals surface area contributed by atoms with Crippen molar-refractivity contribution in [2.24, 2.45) is 0 Å². The van der Waals surface area contributed by atoms with Crippen LogP contribution < -0.4 is 4.74 Å². The van der Waals surface area contributed by atoms with E-state index in [0.717, 1.165) is 31.4 Å². The van der Waals surface area contributed by atoms with Gasteiger partial charge in [0, 0.05) is 0 Å². The molecule has 1 heteroatoms. The highest BCUT2D eigenvalue weighted by Crippen LogP contribution is 2.27. The molecule has 20 heavy (non-hydrogen) atoms. The molecule has 0 saturated heterocycles. The third-order valence-electron chi connectivity index (χ3n) is 4.72. The van der Waals surface area contributed by atoms with Gasteiger partial charge in [0.1, 0.15) is 5.75 Å². The van der Waals surface area contributed by atoms with Crippen molar-refractivity contribution in [3.8, 4) is 5.75 Å². The van der Waals surface area contributed by atoms with E-state index in [2.05, 4.69) is 44.2 Å². The van der Waals surface area contributed by atoms with Gasteiger partial charge in [0.25, 0.3) is 0 Å². The van der Waals surface area contributed by atoms with Crippen LogP contribution in [-0.4, -0.2) is 7.11 Å². The largest absolute Gasteiger partial charge is 0.497 e. The van der Waals surface area contributed by atoms with Crippen molar-refractivity contribution in [3.63, 3.8) is 0 Å². The molecule has 0 fully saturated rings. The van der Waals surface area contributed by atoms with E-state index in [4.69, 9.17) is 4.74 Å². The molecule has 104 valence electrons. The third kappa shape index (κ3) is 2.33. The van der Waals surface area contributed by atoms with Gasteiger partial charge in [0.05, 0.1) is 7.11 Å². The molecule has 1 aliphatic carbocycles. The van der Waals surface area contributed by atoms with E-state index >= 15 is 0 Å². The Bertz CT molecular complexity index is 593. The molecule has 0 heterocycles. The summed E-state index contributed by atoms with van der Waals surface area (Å²) in [6.07, 6.45) is 4.43. The van der Waals surface area contributed by atoms with E-state index in [1.165, 1.54) is 33.4 Å². The van der Waals surface area contributed by atoms with Crippen LogP contribution in [0.3, 0.4) is 0 Å². The first kappa shape index (κ1) is 13.2. The molecule has 2 aromatic carbocycles. The zero-order valence-electron chi connectivity index (χ0n) is 12.6. The number of hydrogen-bond acceptors (Lipinski definition) is 1. The lowest BCUT2D eigenvalue weighted by atomic mass is 9.88. The zero-order chi connectivity index (χ0) is 14.1. The second kappa shape index (κ2) is 5.32. The smallest absolute Gasteiger partial charge is 0.119 e. The van der Waals surface area contributed by atoms with Crippen LogP contribution in [0.4, 0.5) is 0 Å². The summed E-state index contributed by atoms with van der Waals surface area (Å²) >= 11 is 0. The van der Waals surface area contributed by atoms with Crippen molar-refractivity contribution in [2.45, 2.75) is 39.5 Å². The lowest BCUT2D eigenvalue weighted by molar-refractivity contribution is 0.413. The number of benzene rings is 2. The lowest BCUT2D eigenvalue weighted by Crippen LogP contribution is -2.06. The van der Waals surface area contributed by atoms with Crippen molar-refractivity contribution < 1.29 is 4.74 Å². The summed E-state index contributed by atoms with van der Waals surface area (Å²) in [7, 11) is 1.76. The summed E-state index contributed by atoms with van der Waals surface area (Å²) in [5.74, 6) is 1.00. The molecule has 0 saturated carbocycles. The van der Waals surface area contributed by atoms with E-state index in [9.17, 15) is 0 Å². The first-order valence-corrected chi connectivity index (χ1v) is 7.43. The fourth-order valence-corrected chi connectivity index (χ4v) is 3.26. The minimum atomic E-state index is 1.00. The summed E-state index contributed by atoms with van der Waals surface area (Å²) in [5.41, 5.74) is 8.80. The van der Waals surface area contributed by atoms with Crippen LogP contribution in [0.1, 0.15) is 33.4 Å². The van der Waals surface area contributed by atoms with Crippen molar-refractivity contribution >= 4 is 0 Å². The highest BCUT2D eigenvalue weighted by Gasteiger charge is 2.13. The molecule has 1 nitrogen and oxygen atoms in total. The number of hydrogen-bond donors (Lipinski definition) is 0. The highest BCUT2D eigenvalue weighted by atomic mass is 16.5. The molecule has 3 rings (SSSR count). The van der Waals surface area contributed by atoms with E-state index < -0.39 is 0 Å². The van der Waals surface area contributed by atoms with Crippen LogP contribution in [0.2, 0.25) is 0 Å². The Kier molecular flexibility index (Phi) is 3.52. The predicted molar refractivity (Wildman–Crippen MR) is 83.7 cm³/mol. The molecular weight excluding hydrogens is 244 g/mol. The fraction of sp³-hybridized carbons (Fsp3) is 0.368. The quantitative estimate of drug-likeness (QED) is 0.752. The van der Waals surface area contributed by atoms with E-state index in [1.807, 2.05) is 0 Å². The number of rotatable bonds is 1. The van der Waals surface area contributed by atoms with Gasteiger partial charge in [-0.05, 0) is 85.0 Å². The molecule has 4 bridgehead atoms. The average molecular weight is 266 g/mol. The zero-order valence-corrected chi connectivity index (χ0v) is 12.6. The van der Waals surface area contributed by atoms with Crippen LogP contribution in [0, 0.1) is 13.8 Å². The van der Waals surface area contributed by atoms with Gasteiger partial charge in [-0.1, -0.05) is 18.2 Å². The van der Waals surface area contributed by atoms with Crippen LogP contribution in [0.5, 0.6) is 5.75 Å². The summed E-state index contributed by atoms with van der Waals surface area (Å²) in [5, 5.41) is 0. The summed E-state index contributed by atoms with van der Waals surface area (Å²) in [6, 6.07) is 11.2. The van der Waals surface area contributed by atoms with Gasteiger partial charge in [-0.3, -0.25) is 0 Å². The molecule has 0 N–H and O–H groups in total. The number of methoxy groups -OCH3 is 1. The molecule has 0 aliphatic heterocycles. The molecule has 0 atom stereocenters. The first-order valence-electron chi connectivity index (χ1n) is 7.43. The van der Waals surface area contributed by atoms with Crippen molar-refractivity contribution in [1.29, 1.82) is 0 Å². The molecule has 1 aliphatic rings. The van der Waals surface area contributed by atoms with Crippen LogP contribution in [0.15, 0.2) is 30.3 Å². The Morgan fingerprint density at radius 2 is 1.20 bits per heavy atom. The van der Waals surface area contributed by atoms with Crippen LogP contribution in [-0.2, 0) is 25.7 Å². The third-order valence-corrected chi connectivity index (χ3v) is 4.72. The molecule has 0 radical (unpaired) electrons. The number of aryl methyl sites for hydroxylation is 4. The second-order valence-corrected chi connectivity index (χ2v) is 5.77. The first-order chi connectivity index (χ1) is 9.69. The highest BCUT2D eigenvalue weighted by molar-refractivity contribution is 5.44. The summed E-state index contributed by atoms with van der Waals surface area (Å²) in [4.78, 5) is 0. The maximum Gasteiger partial charge on any atom is 0.119 e. The minimum absolute atomic E-state index is 1.00. The average Bonchev–Trinajstić information content (AvgIpc) is 2.46. The van der Waals surface area contributed by atoms with Crippen molar-refractivity contribution in [3.05, 3.63) is 63.7 Å². The molecule has 0 aromatic heterocycles. The Morgan fingerprint density at radius 1 is 0.750 bits per heavy atom. The topological polar surface area (TPSA) is 9.23 Å². The van der Waals surface area contributed by atoms with Gasteiger partial charge in [0.15, 0.2) is 0 Å². The van der Waals surface area contributed by atoms with E-state index in [0.29, 0.717) is 0 Å². The Hall–Kier alpha value is -1.76. The van der Waals surface area contributed by atoms with Gasteiger partial charge in [0.2, 0.25) is 0 Å². The van der Waals surface area contributed by atoms with E-state index in [1.54, 1.807) is 7.11 Å². The monoisotopic (exact) mass is 266 g/mol. The lowest BCUT2D eigenvalue weighted by Gasteiger charge is -2.18. The second-order valence-electron chi connectivity index (χ2n) is 5.77. The van der Waals surface area contributed by atoms with Gasteiger partial charge in [-0.15, -0.1) is 0 Å². The van der Waals surface area contributed by atoms with Crippen LogP contribution >= 0.6 is 0 Å². The molecule has 2 aromatic rings. The Morgan fingerprint density at radius 3 is 1.70 bits per heavy atom. The van der Waals surface area contributed by atoms with E-state index in [-0.39, 0.29) is 0 Å².